The number of nitrogens with one attached hydrogen (secondary N) is 1. The van der Waals surface area contributed by atoms with Gasteiger partial charge in [-0.05, 0) is 83.5 Å². The number of unbranched alkanes of at least 4 members (excludes halogenated alkanes) is 20. The third-order valence-electron chi connectivity index (χ3n) is 9.06. The number of hydrogen-bond acceptors (Lipinski definition) is 5. The number of carbonyl (C=O) groups is 2. The lowest BCUT2D eigenvalue weighted by Gasteiger charge is -2.19. The van der Waals surface area contributed by atoms with Crippen molar-refractivity contribution in [3.63, 3.8) is 0 Å². The van der Waals surface area contributed by atoms with Crippen LogP contribution in [-0.4, -0.2) is 47.4 Å². The molecule has 0 aromatic rings. The lowest BCUT2D eigenvalue weighted by molar-refractivity contribution is -0.143. The van der Waals surface area contributed by atoms with Gasteiger partial charge in [0.2, 0.25) is 5.91 Å². The molecule has 0 saturated heterocycles. The fourth-order valence-corrected chi connectivity index (χ4v) is 5.78. The molecule has 0 aliphatic heterocycles. The zero-order chi connectivity index (χ0) is 36.6. The second kappa shape index (κ2) is 39.6. The van der Waals surface area contributed by atoms with Crippen LogP contribution in [0, 0.1) is 0 Å². The molecule has 0 rings (SSSR count). The Morgan fingerprint density at radius 2 is 1.02 bits per heavy atom. The summed E-state index contributed by atoms with van der Waals surface area (Å²) in [4.78, 5) is 24.3. The number of hydrogen-bond donors (Lipinski definition) is 3. The molecule has 0 radical (unpaired) electrons. The number of aliphatic hydroxyl groups is 2. The monoisotopic (exact) mass is 702 g/mol. The van der Waals surface area contributed by atoms with Gasteiger partial charge in [0.25, 0.3) is 0 Å². The summed E-state index contributed by atoms with van der Waals surface area (Å²) in [5.74, 6) is -0.190. The number of rotatable bonds is 37. The van der Waals surface area contributed by atoms with Crippen LogP contribution in [0.25, 0.3) is 0 Å². The van der Waals surface area contributed by atoms with Gasteiger partial charge in [-0.15, -0.1) is 0 Å². The highest BCUT2D eigenvalue weighted by atomic mass is 16.5. The van der Waals surface area contributed by atoms with E-state index in [1.165, 1.54) is 83.5 Å². The summed E-state index contributed by atoms with van der Waals surface area (Å²) in [6, 6.07) is -0.664. The zero-order valence-corrected chi connectivity index (χ0v) is 32.6. The molecule has 0 heterocycles. The maximum atomic E-state index is 12.3. The zero-order valence-electron chi connectivity index (χ0n) is 32.6. The molecule has 3 N–H and O–H groups in total. The van der Waals surface area contributed by atoms with Crippen LogP contribution in [0.2, 0.25) is 0 Å². The topological polar surface area (TPSA) is 95.9 Å². The second-order valence-corrected chi connectivity index (χ2v) is 14.0. The average molecular weight is 702 g/mol. The second-order valence-electron chi connectivity index (χ2n) is 14.0. The van der Waals surface area contributed by atoms with E-state index in [0.29, 0.717) is 19.4 Å². The molecule has 0 saturated carbocycles. The molecule has 0 aliphatic carbocycles. The van der Waals surface area contributed by atoms with Crippen LogP contribution < -0.4 is 5.32 Å². The summed E-state index contributed by atoms with van der Waals surface area (Å²) in [6.45, 7) is 4.71. The van der Waals surface area contributed by atoms with Crippen molar-refractivity contribution in [2.24, 2.45) is 0 Å². The third-order valence-corrected chi connectivity index (χ3v) is 9.06. The fourth-order valence-electron chi connectivity index (χ4n) is 5.78. The van der Waals surface area contributed by atoms with Gasteiger partial charge in [0.1, 0.15) is 0 Å². The van der Waals surface area contributed by atoms with Gasteiger partial charge >= 0.3 is 5.97 Å². The molecule has 50 heavy (non-hydrogen) atoms. The Kier molecular flexibility index (Phi) is 37.9. The fraction of sp³-hybridized carbons (Fsp3) is 0.773. The molecule has 0 spiro atoms. The van der Waals surface area contributed by atoms with Crippen LogP contribution in [-0.2, 0) is 14.3 Å². The van der Waals surface area contributed by atoms with E-state index in [9.17, 15) is 19.8 Å². The smallest absolute Gasteiger partial charge is 0.305 e. The van der Waals surface area contributed by atoms with Crippen molar-refractivity contribution in [1.82, 2.24) is 5.32 Å². The lowest BCUT2D eigenvalue weighted by Crippen LogP contribution is -2.45. The number of amides is 1. The van der Waals surface area contributed by atoms with E-state index in [1.807, 2.05) is 6.08 Å². The lowest BCUT2D eigenvalue weighted by atomic mass is 10.1. The van der Waals surface area contributed by atoms with E-state index in [-0.39, 0.29) is 18.5 Å². The van der Waals surface area contributed by atoms with E-state index >= 15 is 0 Å². The summed E-state index contributed by atoms with van der Waals surface area (Å²) >= 11 is 0. The van der Waals surface area contributed by atoms with Crippen molar-refractivity contribution in [2.75, 3.05) is 13.2 Å². The van der Waals surface area contributed by atoms with Gasteiger partial charge in [0, 0.05) is 12.8 Å². The van der Waals surface area contributed by atoms with Crippen LogP contribution in [0.5, 0.6) is 0 Å². The van der Waals surface area contributed by atoms with Crippen molar-refractivity contribution in [3.05, 3.63) is 48.6 Å². The van der Waals surface area contributed by atoms with Gasteiger partial charge in [-0.3, -0.25) is 9.59 Å². The number of esters is 1. The summed E-state index contributed by atoms with van der Waals surface area (Å²) in [7, 11) is 0. The van der Waals surface area contributed by atoms with E-state index in [0.717, 1.165) is 83.5 Å². The van der Waals surface area contributed by atoms with Crippen LogP contribution in [0.3, 0.4) is 0 Å². The van der Waals surface area contributed by atoms with Gasteiger partial charge in [0.15, 0.2) is 0 Å². The minimum Gasteiger partial charge on any atom is -0.466 e. The predicted octanol–water partition coefficient (Wildman–Crippen LogP) is 11.6. The van der Waals surface area contributed by atoms with Crippen molar-refractivity contribution >= 4 is 11.9 Å². The Morgan fingerprint density at radius 1 is 0.560 bits per heavy atom. The summed E-state index contributed by atoms with van der Waals surface area (Å²) in [6.07, 6.45) is 46.7. The molecular weight excluding hydrogens is 622 g/mol. The highest BCUT2D eigenvalue weighted by molar-refractivity contribution is 5.76. The van der Waals surface area contributed by atoms with E-state index in [4.69, 9.17) is 4.74 Å². The van der Waals surface area contributed by atoms with Crippen molar-refractivity contribution < 1.29 is 24.5 Å². The largest absolute Gasteiger partial charge is 0.466 e. The Hall–Kier alpha value is -2.18. The number of ether oxygens (including phenoxy) is 1. The molecule has 0 aliphatic rings. The Labute approximate surface area is 308 Å². The normalized spacial score (nSPS) is 13.3. The van der Waals surface area contributed by atoms with E-state index < -0.39 is 12.1 Å². The van der Waals surface area contributed by atoms with Gasteiger partial charge < -0.3 is 20.3 Å². The number of aliphatic hydroxyl groups excluding tert-OH is 2. The predicted molar refractivity (Wildman–Crippen MR) is 213 cm³/mol. The Bertz CT molecular complexity index is 864. The molecule has 2 atom stereocenters. The first-order valence-corrected chi connectivity index (χ1v) is 20.9. The molecule has 2 unspecified atom stereocenters. The summed E-state index contributed by atoms with van der Waals surface area (Å²) in [5, 5.41) is 22.8. The first-order valence-electron chi connectivity index (χ1n) is 20.9. The number of carbonyl (C=O) groups excluding carboxylic acids is 2. The molecule has 0 fully saturated rings. The van der Waals surface area contributed by atoms with Gasteiger partial charge in [-0.25, -0.2) is 0 Å². The van der Waals surface area contributed by atoms with Gasteiger partial charge in [0.05, 0.1) is 25.4 Å². The van der Waals surface area contributed by atoms with Crippen molar-refractivity contribution in [1.29, 1.82) is 0 Å². The van der Waals surface area contributed by atoms with Gasteiger partial charge in [-0.2, -0.15) is 0 Å². The minimum absolute atomic E-state index is 0.0544. The SMILES string of the molecule is CCCCC/C=C\C/C=C\CCCCCCCC(=O)OCCCCCC/C=C\CCCC(=O)NC(CO)C(O)/C=C/CCCCCCCCC. The Morgan fingerprint density at radius 3 is 1.62 bits per heavy atom. The van der Waals surface area contributed by atoms with Crippen LogP contribution in [0.1, 0.15) is 194 Å². The van der Waals surface area contributed by atoms with Crippen LogP contribution >= 0.6 is 0 Å². The molecule has 0 aromatic heterocycles. The average Bonchev–Trinajstić information content (AvgIpc) is 3.11. The third kappa shape index (κ3) is 35.6. The first kappa shape index (κ1) is 47.8. The minimum atomic E-state index is -0.874. The van der Waals surface area contributed by atoms with Crippen molar-refractivity contribution in [3.8, 4) is 0 Å². The number of allylic oxidation sites excluding steroid dienone is 7. The van der Waals surface area contributed by atoms with Gasteiger partial charge in [-0.1, -0.05) is 146 Å². The standard InChI is InChI=1S/C44H79NO5/c1-3-5-7-9-11-13-14-15-16-17-18-22-26-30-34-38-44(49)50-39-35-31-27-23-19-21-25-29-33-37-43(48)45-41(40-46)42(47)36-32-28-24-20-12-10-8-6-4-2/h11,13,15-16,21,25,32,36,41-42,46-47H,3-10,12,14,17-20,22-24,26-31,33-35,37-40H2,1-2H3,(H,45,48)/b13-11-,16-15-,25-21-,36-32+. The van der Waals surface area contributed by atoms with E-state index in [2.05, 4.69) is 55.6 Å². The summed E-state index contributed by atoms with van der Waals surface area (Å²) in [5.41, 5.74) is 0. The maximum Gasteiger partial charge on any atom is 0.305 e. The molecule has 6 heteroatoms. The summed E-state index contributed by atoms with van der Waals surface area (Å²) < 4.78 is 5.41. The molecule has 0 bridgehead atoms. The Balaban J connectivity index is 3.61. The van der Waals surface area contributed by atoms with Crippen molar-refractivity contribution in [2.45, 2.75) is 206 Å². The van der Waals surface area contributed by atoms with Crippen LogP contribution in [0.4, 0.5) is 0 Å². The van der Waals surface area contributed by atoms with Crippen LogP contribution in [0.15, 0.2) is 48.6 Å². The highest BCUT2D eigenvalue weighted by Crippen LogP contribution is 2.11. The molecular formula is C44H79NO5. The highest BCUT2D eigenvalue weighted by Gasteiger charge is 2.17. The molecule has 0 aromatic carbocycles. The maximum absolute atomic E-state index is 12.3. The molecule has 290 valence electrons. The molecule has 1 amide bonds. The first-order chi connectivity index (χ1) is 24.5. The molecule has 6 nitrogen and oxygen atoms in total. The van der Waals surface area contributed by atoms with E-state index in [1.54, 1.807) is 6.08 Å². The quantitative estimate of drug-likeness (QED) is 0.0340.